The number of aromatic nitrogens is 5. The molecule has 1 aliphatic rings. The second-order valence-corrected chi connectivity index (χ2v) is 7.40. The van der Waals surface area contributed by atoms with Crippen molar-refractivity contribution >= 4 is 5.82 Å². The molecule has 0 amide bonds. The van der Waals surface area contributed by atoms with Crippen molar-refractivity contribution in [3.8, 4) is 28.9 Å². The van der Waals surface area contributed by atoms with Gasteiger partial charge >= 0.3 is 0 Å². The van der Waals surface area contributed by atoms with Crippen molar-refractivity contribution in [2.75, 3.05) is 18.0 Å². The van der Waals surface area contributed by atoms with Gasteiger partial charge in [-0.3, -0.25) is 14.9 Å². The van der Waals surface area contributed by atoms with Gasteiger partial charge in [-0.1, -0.05) is 30.3 Å². The van der Waals surface area contributed by atoms with E-state index in [1.165, 1.54) is 11.0 Å². The first kappa shape index (κ1) is 19.5. The normalized spacial score (nSPS) is 15.5. The lowest BCUT2D eigenvalue weighted by Crippen LogP contribution is -2.26. The maximum Gasteiger partial charge on any atom is 0.273 e. The van der Waals surface area contributed by atoms with E-state index in [1.54, 1.807) is 30.6 Å². The zero-order valence-corrected chi connectivity index (χ0v) is 17.0. The van der Waals surface area contributed by atoms with E-state index in [1.807, 2.05) is 30.3 Å². The summed E-state index contributed by atoms with van der Waals surface area (Å²) < 4.78 is 7.41. The maximum absolute atomic E-state index is 12.6. The monoisotopic (exact) mass is 425 g/mol. The number of anilines is 1. The molecule has 0 saturated carbocycles. The number of rotatable bonds is 5. The van der Waals surface area contributed by atoms with E-state index < -0.39 is 0 Å². The van der Waals surface area contributed by atoms with Crippen LogP contribution >= 0.6 is 0 Å². The van der Waals surface area contributed by atoms with Crippen LogP contribution in [-0.2, 0) is 0 Å². The summed E-state index contributed by atoms with van der Waals surface area (Å²) >= 11 is 0. The minimum atomic E-state index is -0.197. The molecule has 9 heteroatoms. The molecule has 3 aromatic heterocycles. The van der Waals surface area contributed by atoms with Gasteiger partial charge < -0.3 is 9.64 Å². The van der Waals surface area contributed by atoms with Gasteiger partial charge in [0, 0.05) is 31.3 Å². The highest BCUT2D eigenvalue weighted by atomic mass is 16.5. The first-order valence-electron chi connectivity index (χ1n) is 10.2. The lowest BCUT2D eigenvalue weighted by atomic mass is 10.2. The lowest BCUT2D eigenvalue weighted by Gasteiger charge is -2.18. The molecule has 1 N–H and O–H groups in total. The van der Waals surface area contributed by atoms with Crippen molar-refractivity contribution in [1.82, 2.24) is 24.7 Å². The van der Waals surface area contributed by atoms with E-state index in [-0.39, 0.29) is 11.7 Å². The molecule has 1 saturated heterocycles. The average Bonchev–Trinajstić information content (AvgIpc) is 3.47. The van der Waals surface area contributed by atoms with Crippen LogP contribution < -0.4 is 15.2 Å². The van der Waals surface area contributed by atoms with E-state index in [0.717, 1.165) is 24.2 Å². The molecule has 32 heavy (non-hydrogen) atoms. The van der Waals surface area contributed by atoms with Gasteiger partial charge in [-0.25, -0.2) is 14.6 Å². The van der Waals surface area contributed by atoms with E-state index >= 15 is 0 Å². The third kappa shape index (κ3) is 3.81. The fourth-order valence-electron chi connectivity index (χ4n) is 3.74. The Morgan fingerprint density at radius 1 is 1.12 bits per heavy atom. The van der Waals surface area contributed by atoms with Crippen molar-refractivity contribution < 1.29 is 4.74 Å². The summed E-state index contributed by atoms with van der Waals surface area (Å²) in [5.41, 5.74) is 1.90. The van der Waals surface area contributed by atoms with Crippen molar-refractivity contribution in [1.29, 1.82) is 5.26 Å². The number of aromatic amines is 1. The van der Waals surface area contributed by atoms with Crippen molar-refractivity contribution in [2.24, 2.45) is 0 Å². The van der Waals surface area contributed by atoms with E-state index in [2.05, 4.69) is 31.0 Å². The Morgan fingerprint density at radius 2 is 1.97 bits per heavy atom. The van der Waals surface area contributed by atoms with Crippen molar-refractivity contribution in [3.05, 3.63) is 83.2 Å². The van der Waals surface area contributed by atoms with Gasteiger partial charge in [0.15, 0.2) is 11.6 Å². The number of hydrogen-bond donors (Lipinski definition) is 1. The van der Waals surface area contributed by atoms with Gasteiger partial charge in [-0.05, 0) is 11.6 Å². The third-order valence-corrected chi connectivity index (χ3v) is 5.34. The predicted molar refractivity (Wildman–Crippen MR) is 118 cm³/mol. The molecule has 0 bridgehead atoms. The average molecular weight is 425 g/mol. The smallest absolute Gasteiger partial charge is 0.273 e. The number of benzene rings is 1. The molecule has 1 fully saturated rings. The summed E-state index contributed by atoms with van der Waals surface area (Å²) in [6.07, 6.45) is 5.26. The van der Waals surface area contributed by atoms with Crippen LogP contribution in [0.5, 0.6) is 5.75 Å². The quantitative estimate of drug-likeness (QED) is 0.523. The first-order chi connectivity index (χ1) is 15.7. The van der Waals surface area contributed by atoms with Crippen LogP contribution in [0.3, 0.4) is 0 Å². The van der Waals surface area contributed by atoms with Crippen LogP contribution in [0.4, 0.5) is 5.82 Å². The molecular formula is C23H19N7O2. The molecule has 5 rings (SSSR count). The summed E-state index contributed by atoms with van der Waals surface area (Å²) in [5, 5.41) is 12.4. The van der Waals surface area contributed by atoms with Crippen molar-refractivity contribution in [3.63, 3.8) is 0 Å². The Kier molecular flexibility index (Phi) is 5.09. The number of hydrogen-bond acceptors (Lipinski definition) is 7. The Bertz CT molecular complexity index is 1340. The fraction of sp³-hybridized carbons (Fsp3) is 0.174. The highest BCUT2D eigenvalue weighted by Crippen LogP contribution is 2.24. The minimum Gasteiger partial charge on any atom is -0.485 e. The second-order valence-electron chi connectivity index (χ2n) is 7.40. The summed E-state index contributed by atoms with van der Waals surface area (Å²) in [6, 6.07) is 16.7. The molecule has 158 valence electrons. The van der Waals surface area contributed by atoms with Gasteiger partial charge in [0.1, 0.15) is 24.3 Å². The second kappa shape index (κ2) is 8.35. The molecule has 1 aliphatic heterocycles. The molecule has 0 aliphatic carbocycles. The Hall–Kier alpha value is -4.45. The standard InChI is InChI=1S/C23H19N7O2/c24-12-17-6-8-25-13-20(17)32-18-7-9-29(14-18)21-11-22(27-15-26-21)30-23(31)10-19(28-30)16-4-2-1-3-5-16/h1-6,8,10-11,13,15,18,28H,7,9,14H2. The summed E-state index contributed by atoms with van der Waals surface area (Å²) in [4.78, 5) is 27.3. The van der Waals surface area contributed by atoms with Crippen LogP contribution in [0, 0.1) is 11.3 Å². The molecule has 1 aromatic carbocycles. The van der Waals surface area contributed by atoms with E-state index in [4.69, 9.17) is 4.74 Å². The van der Waals surface area contributed by atoms with Crippen LogP contribution in [0.25, 0.3) is 17.1 Å². The zero-order valence-electron chi connectivity index (χ0n) is 17.0. The predicted octanol–water partition coefficient (Wildman–Crippen LogP) is 2.55. The molecule has 9 nitrogen and oxygen atoms in total. The fourth-order valence-corrected chi connectivity index (χ4v) is 3.74. The summed E-state index contributed by atoms with van der Waals surface area (Å²) in [5.74, 6) is 1.65. The van der Waals surface area contributed by atoms with Crippen LogP contribution in [0.15, 0.2) is 72.0 Å². The SMILES string of the molecule is N#Cc1ccncc1OC1CCN(c2cc(-n3[nH]c(-c4ccccc4)cc3=O)ncn2)C1. The Morgan fingerprint density at radius 3 is 2.81 bits per heavy atom. The summed E-state index contributed by atoms with van der Waals surface area (Å²) in [6.45, 7) is 1.34. The lowest BCUT2D eigenvalue weighted by molar-refractivity contribution is 0.223. The number of nitriles is 1. The Balaban J connectivity index is 1.35. The highest BCUT2D eigenvalue weighted by Gasteiger charge is 2.26. The van der Waals surface area contributed by atoms with Gasteiger partial charge in [-0.15, -0.1) is 0 Å². The molecule has 4 heterocycles. The first-order valence-corrected chi connectivity index (χ1v) is 10.2. The number of pyridine rings is 1. The van der Waals surface area contributed by atoms with E-state index in [0.29, 0.717) is 29.5 Å². The molecule has 1 unspecified atom stereocenters. The highest BCUT2D eigenvalue weighted by molar-refractivity contribution is 5.58. The van der Waals surface area contributed by atoms with Crippen LogP contribution in [-0.4, -0.2) is 43.9 Å². The zero-order chi connectivity index (χ0) is 21.9. The summed E-state index contributed by atoms with van der Waals surface area (Å²) in [7, 11) is 0. The van der Waals surface area contributed by atoms with Crippen LogP contribution in [0.2, 0.25) is 0 Å². The van der Waals surface area contributed by atoms with Gasteiger partial charge in [0.25, 0.3) is 5.56 Å². The van der Waals surface area contributed by atoms with Gasteiger partial charge in [-0.2, -0.15) is 5.26 Å². The number of nitrogens with zero attached hydrogens (tertiary/aromatic N) is 6. The number of nitrogens with one attached hydrogen (secondary N) is 1. The number of ether oxygens (including phenoxy) is 1. The van der Waals surface area contributed by atoms with Gasteiger partial charge in [0.05, 0.1) is 24.0 Å². The molecule has 0 radical (unpaired) electrons. The third-order valence-electron chi connectivity index (χ3n) is 5.34. The number of H-pyrrole nitrogens is 1. The van der Waals surface area contributed by atoms with Crippen LogP contribution in [0.1, 0.15) is 12.0 Å². The molecular weight excluding hydrogens is 406 g/mol. The largest absolute Gasteiger partial charge is 0.485 e. The van der Waals surface area contributed by atoms with Gasteiger partial charge in [0.2, 0.25) is 0 Å². The molecule has 4 aromatic rings. The van der Waals surface area contributed by atoms with Crippen molar-refractivity contribution in [2.45, 2.75) is 12.5 Å². The topological polar surface area (TPSA) is 113 Å². The Labute approximate surface area is 183 Å². The minimum absolute atomic E-state index is 0.0948. The molecule has 0 spiro atoms. The molecule has 1 atom stereocenters. The maximum atomic E-state index is 12.6. The van der Waals surface area contributed by atoms with E-state index in [9.17, 15) is 10.1 Å².